The molecule has 0 atom stereocenters. The molecule has 0 saturated heterocycles. The molecule has 0 radical (unpaired) electrons. The van der Waals surface area contributed by atoms with Gasteiger partial charge in [0.25, 0.3) is 10.0 Å². The highest BCUT2D eigenvalue weighted by Crippen LogP contribution is 2.22. The van der Waals surface area contributed by atoms with Crippen LogP contribution in [0.1, 0.15) is 16.8 Å². The predicted octanol–water partition coefficient (Wildman–Crippen LogP) is 4.51. The second-order valence-electron chi connectivity index (χ2n) is 6.23. The van der Waals surface area contributed by atoms with Crippen LogP contribution in [0.4, 0.5) is 11.6 Å². The summed E-state index contributed by atoms with van der Waals surface area (Å²) in [6.45, 7) is 3.43. The molecule has 7 nitrogen and oxygen atoms in total. The number of hydrogen-bond donors (Lipinski definition) is 2. The monoisotopic (exact) mass is 475 g/mol. The zero-order chi connectivity index (χ0) is 21.0. The molecule has 0 unspecified atom stereocenters. The Morgan fingerprint density at radius 1 is 1.07 bits per heavy atom. The van der Waals surface area contributed by atoms with Crippen LogP contribution in [0.2, 0.25) is 0 Å². The number of nitrogens with zero attached hydrogens (tertiary/aromatic N) is 1. The van der Waals surface area contributed by atoms with Gasteiger partial charge in [-0.3, -0.25) is 4.79 Å². The maximum Gasteiger partial charge on any atom is 0.264 e. The van der Waals surface area contributed by atoms with Gasteiger partial charge in [-0.15, -0.1) is 0 Å². The van der Waals surface area contributed by atoms with Crippen LogP contribution in [0.5, 0.6) is 0 Å². The molecule has 0 aliphatic heterocycles. The Balaban J connectivity index is 1.65. The number of rotatable bonds is 6. The number of nitrogens with one attached hydrogen (secondary N) is 2. The minimum atomic E-state index is -3.83. The van der Waals surface area contributed by atoms with E-state index >= 15 is 0 Å². The molecule has 0 spiro atoms. The van der Waals surface area contributed by atoms with E-state index in [0.29, 0.717) is 16.9 Å². The van der Waals surface area contributed by atoms with Crippen molar-refractivity contribution in [2.75, 3.05) is 10.0 Å². The molecule has 0 aliphatic rings. The third kappa shape index (κ3) is 5.33. The summed E-state index contributed by atoms with van der Waals surface area (Å²) in [4.78, 5) is 12.1. The number of amides is 1. The Morgan fingerprint density at radius 2 is 1.72 bits per heavy atom. The Morgan fingerprint density at radius 3 is 2.31 bits per heavy atom. The standard InChI is InChI=1S/C20H18BrN3O4S/c1-13-14(2)23-28-20(13)24-29(26,27)18-10-8-17(9-11-18)22-19(25)12-5-15-3-6-16(21)7-4-15/h3-12,24H,1-2H3,(H,22,25)/b12-5+. The average molecular weight is 476 g/mol. The smallest absolute Gasteiger partial charge is 0.264 e. The van der Waals surface area contributed by atoms with Crippen molar-refractivity contribution in [1.82, 2.24) is 5.16 Å². The average Bonchev–Trinajstić information content (AvgIpc) is 2.99. The molecule has 1 aromatic heterocycles. The number of aryl methyl sites for hydroxylation is 1. The second kappa shape index (κ2) is 8.62. The molecule has 2 aromatic carbocycles. The van der Waals surface area contributed by atoms with Crippen LogP contribution in [0.15, 0.2) is 68.5 Å². The highest BCUT2D eigenvalue weighted by Gasteiger charge is 2.19. The summed E-state index contributed by atoms with van der Waals surface area (Å²) in [6.07, 6.45) is 3.09. The third-order valence-corrected chi connectivity index (χ3v) is 5.99. The number of anilines is 2. The van der Waals surface area contributed by atoms with Gasteiger partial charge in [-0.25, -0.2) is 13.1 Å². The summed E-state index contributed by atoms with van der Waals surface area (Å²) in [7, 11) is -3.83. The van der Waals surface area contributed by atoms with E-state index in [2.05, 4.69) is 31.1 Å². The molecule has 9 heteroatoms. The van der Waals surface area contributed by atoms with E-state index in [0.717, 1.165) is 10.0 Å². The first kappa shape index (κ1) is 20.8. The number of benzene rings is 2. The first-order valence-corrected chi connectivity index (χ1v) is 10.8. The fourth-order valence-corrected chi connectivity index (χ4v) is 3.65. The van der Waals surface area contributed by atoms with E-state index in [1.807, 2.05) is 24.3 Å². The Hall–Kier alpha value is -2.91. The van der Waals surface area contributed by atoms with Gasteiger partial charge in [-0.1, -0.05) is 33.2 Å². The summed E-state index contributed by atoms with van der Waals surface area (Å²) in [5.74, 6) is -0.243. The largest absolute Gasteiger partial charge is 0.337 e. The molecule has 3 rings (SSSR count). The number of halogens is 1. The van der Waals surface area contributed by atoms with Gasteiger partial charge in [0.1, 0.15) is 0 Å². The highest BCUT2D eigenvalue weighted by molar-refractivity contribution is 9.10. The van der Waals surface area contributed by atoms with Crippen molar-refractivity contribution < 1.29 is 17.7 Å². The van der Waals surface area contributed by atoms with Gasteiger partial charge in [0.2, 0.25) is 11.8 Å². The number of aromatic nitrogens is 1. The third-order valence-electron chi connectivity index (χ3n) is 4.11. The van der Waals surface area contributed by atoms with Crippen molar-refractivity contribution in [3.8, 4) is 0 Å². The maximum absolute atomic E-state index is 12.5. The van der Waals surface area contributed by atoms with E-state index in [-0.39, 0.29) is 16.7 Å². The number of carbonyl (C=O) groups is 1. The molecular formula is C20H18BrN3O4S. The lowest BCUT2D eigenvalue weighted by atomic mass is 10.2. The second-order valence-corrected chi connectivity index (χ2v) is 8.82. The Kier molecular flexibility index (Phi) is 6.19. The van der Waals surface area contributed by atoms with Crippen LogP contribution in [0.25, 0.3) is 6.08 Å². The van der Waals surface area contributed by atoms with E-state index in [1.165, 1.54) is 30.3 Å². The molecule has 0 aliphatic carbocycles. The first-order chi connectivity index (χ1) is 13.7. The maximum atomic E-state index is 12.5. The molecular weight excluding hydrogens is 458 g/mol. The minimum Gasteiger partial charge on any atom is -0.337 e. The van der Waals surface area contributed by atoms with Gasteiger partial charge >= 0.3 is 0 Å². The number of hydrogen-bond acceptors (Lipinski definition) is 5. The molecule has 150 valence electrons. The summed E-state index contributed by atoms with van der Waals surface area (Å²) in [5.41, 5.74) is 2.59. The van der Waals surface area contributed by atoms with E-state index in [1.54, 1.807) is 19.9 Å². The van der Waals surface area contributed by atoms with Crippen LogP contribution >= 0.6 is 15.9 Å². The van der Waals surface area contributed by atoms with Gasteiger partial charge in [0, 0.05) is 21.8 Å². The van der Waals surface area contributed by atoms with Crippen LogP contribution in [-0.2, 0) is 14.8 Å². The van der Waals surface area contributed by atoms with Crippen LogP contribution in [-0.4, -0.2) is 19.5 Å². The lowest BCUT2D eigenvalue weighted by Crippen LogP contribution is -2.13. The normalized spacial score (nSPS) is 11.6. The first-order valence-electron chi connectivity index (χ1n) is 8.55. The molecule has 1 heterocycles. The molecule has 0 saturated carbocycles. The SMILES string of the molecule is Cc1noc(NS(=O)(=O)c2ccc(NC(=O)/C=C/c3ccc(Br)cc3)cc2)c1C. The van der Waals surface area contributed by atoms with Gasteiger partial charge in [0.15, 0.2) is 0 Å². The Labute approximate surface area is 177 Å². The summed E-state index contributed by atoms with van der Waals surface area (Å²) >= 11 is 3.35. The van der Waals surface area contributed by atoms with Crippen molar-refractivity contribution in [3.05, 3.63) is 75.9 Å². The van der Waals surface area contributed by atoms with E-state index in [4.69, 9.17) is 4.52 Å². The Bertz CT molecular complexity index is 1150. The van der Waals surface area contributed by atoms with Gasteiger partial charge in [-0.05, 0) is 61.9 Å². The van der Waals surface area contributed by atoms with Crippen molar-refractivity contribution >= 4 is 49.5 Å². The zero-order valence-electron chi connectivity index (χ0n) is 15.6. The van der Waals surface area contributed by atoms with E-state index in [9.17, 15) is 13.2 Å². The van der Waals surface area contributed by atoms with Crippen molar-refractivity contribution in [2.24, 2.45) is 0 Å². The molecule has 1 amide bonds. The molecule has 29 heavy (non-hydrogen) atoms. The quantitative estimate of drug-likeness (QED) is 0.510. The van der Waals surface area contributed by atoms with Crippen LogP contribution < -0.4 is 10.0 Å². The topological polar surface area (TPSA) is 101 Å². The van der Waals surface area contributed by atoms with E-state index < -0.39 is 10.0 Å². The van der Waals surface area contributed by atoms with Gasteiger partial charge < -0.3 is 9.84 Å². The van der Waals surface area contributed by atoms with Crippen molar-refractivity contribution in [3.63, 3.8) is 0 Å². The number of carbonyl (C=O) groups excluding carboxylic acids is 1. The molecule has 3 aromatic rings. The fraction of sp³-hybridized carbons (Fsp3) is 0.100. The van der Waals surface area contributed by atoms with Crippen LogP contribution in [0.3, 0.4) is 0 Å². The lowest BCUT2D eigenvalue weighted by Gasteiger charge is -2.07. The van der Waals surface area contributed by atoms with Crippen LogP contribution in [0, 0.1) is 13.8 Å². The summed E-state index contributed by atoms with van der Waals surface area (Å²) in [6, 6.07) is 13.3. The molecule has 0 fully saturated rings. The minimum absolute atomic E-state index is 0.0364. The fourth-order valence-electron chi connectivity index (χ4n) is 2.34. The van der Waals surface area contributed by atoms with Gasteiger partial charge in [0.05, 0.1) is 10.6 Å². The zero-order valence-corrected chi connectivity index (χ0v) is 18.0. The van der Waals surface area contributed by atoms with Gasteiger partial charge in [-0.2, -0.15) is 0 Å². The summed E-state index contributed by atoms with van der Waals surface area (Å²) < 4.78 is 33.3. The highest BCUT2D eigenvalue weighted by atomic mass is 79.9. The molecule has 0 bridgehead atoms. The molecule has 2 N–H and O–H groups in total. The van der Waals surface area contributed by atoms with Crippen molar-refractivity contribution in [1.29, 1.82) is 0 Å². The number of sulfonamides is 1. The predicted molar refractivity (Wildman–Crippen MR) is 115 cm³/mol. The summed E-state index contributed by atoms with van der Waals surface area (Å²) in [5, 5.41) is 6.41. The lowest BCUT2D eigenvalue weighted by molar-refractivity contribution is -0.111. The van der Waals surface area contributed by atoms with Crippen molar-refractivity contribution in [2.45, 2.75) is 18.7 Å².